The number of benzene rings is 2. The second-order valence-corrected chi connectivity index (χ2v) is 4.18. The highest BCUT2D eigenvalue weighted by Crippen LogP contribution is 2.32. The van der Waals surface area contributed by atoms with Gasteiger partial charge in [0.2, 0.25) is 0 Å². The van der Waals surface area contributed by atoms with Crippen LogP contribution in [0.15, 0.2) is 42.5 Å². The molecule has 2 aromatic carbocycles. The summed E-state index contributed by atoms with van der Waals surface area (Å²) in [6, 6.07) is 12.4. The largest absolute Gasteiger partial charge is 0.508 e. The van der Waals surface area contributed by atoms with Crippen LogP contribution < -0.4 is 10.5 Å². The molecule has 0 fully saturated rings. The minimum atomic E-state index is 0.220. The summed E-state index contributed by atoms with van der Waals surface area (Å²) in [5.74, 6) is 1.60. The van der Waals surface area contributed by atoms with Crippen LogP contribution in [0.2, 0.25) is 0 Å². The van der Waals surface area contributed by atoms with Crippen LogP contribution in [0.3, 0.4) is 0 Å². The number of hydrogen-bond donors (Lipinski definition) is 2. The zero-order chi connectivity index (χ0) is 13.0. The molecule has 3 nitrogen and oxygen atoms in total. The fourth-order valence-corrected chi connectivity index (χ4v) is 1.83. The zero-order valence-electron chi connectivity index (χ0n) is 10.4. The van der Waals surface area contributed by atoms with E-state index in [2.05, 4.69) is 6.92 Å². The Hall–Kier alpha value is -2.16. The molecule has 0 amide bonds. The lowest BCUT2D eigenvalue weighted by atomic mass is 10.1. The Balaban J connectivity index is 2.30. The van der Waals surface area contributed by atoms with Crippen molar-refractivity contribution in [3.63, 3.8) is 0 Å². The molecule has 0 aliphatic carbocycles. The highest BCUT2D eigenvalue weighted by Gasteiger charge is 2.08. The monoisotopic (exact) mass is 243 g/mol. The van der Waals surface area contributed by atoms with Crippen LogP contribution in [-0.2, 0) is 6.42 Å². The first kappa shape index (κ1) is 12.3. The quantitative estimate of drug-likeness (QED) is 0.805. The Morgan fingerprint density at radius 2 is 1.83 bits per heavy atom. The number of para-hydroxylation sites is 1. The van der Waals surface area contributed by atoms with Gasteiger partial charge in [-0.1, -0.05) is 25.5 Å². The van der Waals surface area contributed by atoms with Gasteiger partial charge < -0.3 is 15.6 Å². The number of hydrogen-bond acceptors (Lipinski definition) is 3. The third kappa shape index (κ3) is 2.74. The van der Waals surface area contributed by atoms with E-state index in [-0.39, 0.29) is 5.75 Å². The van der Waals surface area contributed by atoms with Crippen molar-refractivity contribution >= 4 is 5.69 Å². The SMILES string of the molecule is CCCc1cccc(N)c1Oc1ccc(O)cc1. The molecule has 0 spiro atoms. The Labute approximate surface area is 107 Å². The molecule has 0 aliphatic rings. The van der Waals surface area contributed by atoms with E-state index < -0.39 is 0 Å². The van der Waals surface area contributed by atoms with Gasteiger partial charge in [0.1, 0.15) is 11.5 Å². The molecule has 0 saturated heterocycles. The zero-order valence-corrected chi connectivity index (χ0v) is 10.4. The number of phenols is 1. The second kappa shape index (κ2) is 5.45. The Bertz CT molecular complexity index is 521. The van der Waals surface area contributed by atoms with Gasteiger partial charge in [0, 0.05) is 0 Å². The molecule has 2 rings (SSSR count). The van der Waals surface area contributed by atoms with E-state index in [1.54, 1.807) is 24.3 Å². The molecular weight excluding hydrogens is 226 g/mol. The van der Waals surface area contributed by atoms with E-state index in [1.807, 2.05) is 18.2 Å². The smallest absolute Gasteiger partial charge is 0.153 e. The normalized spacial score (nSPS) is 10.3. The first-order valence-electron chi connectivity index (χ1n) is 6.05. The summed E-state index contributed by atoms with van der Waals surface area (Å²) in [6.45, 7) is 2.12. The van der Waals surface area contributed by atoms with Crippen LogP contribution in [0, 0.1) is 0 Å². The van der Waals surface area contributed by atoms with Crippen molar-refractivity contribution < 1.29 is 9.84 Å². The van der Waals surface area contributed by atoms with Crippen LogP contribution in [-0.4, -0.2) is 5.11 Å². The van der Waals surface area contributed by atoms with Crippen LogP contribution in [0.1, 0.15) is 18.9 Å². The number of rotatable bonds is 4. The van der Waals surface area contributed by atoms with Crippen molar-refractivity contribution in [2.75, 3.05) is 5.73 Å². The minimum Gasteiger partial charge on any atom is -0.508 e. The highest BCUT2D eigenvalue weighted by atomic mass is 16.5. The van der Waals surface area contributed by atoms with Crippen LogP contribution >= 0.6 is 0 Å². The standard InChI is InChI=1S/C15H17NO2/c1-2-4-11-5-3-6-14(16)15(11)18-13-9-7-12(17)8-10-13/h3,5-10,17H,2,4,16H2,1H3. The summed E-state index contributed by atoms with van der Waals surface area (Å²) >= 11 is 0. The Morgan fingerprint density at radius 3 is 2.50 bits per heavy atom. The van der Waals surface area contributed by atoms with Gasteiger partial charge in [-0.3, -0.25) is 0 Å². The molecule has 2 aromatic rings. The van der Waals surface area contributed by atoms with Gasteiger partial charge in [0.25, 0.3) is 0 Å². The summed E-state index contributed by atoms with van der Waals surface area (Å²) in [6.07, 6.45) is 1.97. The minimum absolute atomic E-state index is 0.220. The third-order valence-electron chi connectivity index (χ3n) is 2.70. The maximum absolute atomic E-state index is 9.24. The van der Waals surface area contributed by atoms with E-state index >= 15 is 0 Å². The van der Waals surface area contributed by atoms with Gasteiger partial charge >= 0.3 is 0 Å². The van der Waals surface area contributed by atoms with Crippen LogP contribution in [0.25, 0.3) is 0 Å². The van der Waals surface area contributed by atoms with E-state index in [0.29, 0.717) is 17.2 Å². The predicted molar refractivity (Wildman–Crippen MR) is 73.0 cm³/mol. The van der Waals surface area contributed by atoms with E-state index in [1.165, 1.54) is 0 Å². The summed E-state index contributed by atoms with van der Waals surface area (Å²) in [7, 11) is 0. The van der Waals surface area contributed by atoms with Gasteiger partial charge in [-0.2, -0.15) is 0 Å². The van der Waals surface area contributed by atoms with Crippen molar-refractivity contribution in [3.8, 4) is 17.2 Å². The topological polar surface area (TPSA) is 55.5 Å². The first-order valence-corrected chi connectivity index (χ1v) is 6.05. The third-order valence-corrected chi connectivity index (χ3v) is 2.70. The summed E-state index contributed by atoms with van der Waals surface area (Å²) < 4.78 is 5.81. The summed E-state index contributed by atoms with van der Waals surface area (Å²) in [4.78, 5) is 0. The summed E-state index contributed by atoms with van der Waals surface area (Å²) in [5.41, 5.74) is 7.69. The lowest BCUT2D eigenvalue weighted by molar-refractivity contribution is 0.462. The van der Waals surface area contributed by atoms with Crippen molar-refractivity contribution in [2.24, 2.45) is 0 Å². The number of nitrogens with two attached hydrogens (primary N) is 1. The lowest BCUT2D eigenvalue weighted by Gasteiger charge is -2.13. The molecule has 0 radical (unpaired) electrons. The fraction of sp³-hybridized carbons (Fsp3) is 0.200. The number of phenolic OH excluding ortho intramolecular Hbond substituents is 1. The maximum atomic E-state index is 9.24. The molecule has 3 N–H and O–H groups in total. The number of ether oxygens (including phenoxy) is 1. The van der Waals surface area contributed by atoms with Crippen molar-refractivity contribution in [2.45, 2.75) is 19.8 Å². The van der Waals surface area contributed by atoms with Gasteiger partial charge in [-0.15, -0.1) is 0 Å². The number of anilines is 1. The average molecular weight is 243 g/mol. The predicted octanol–water partition coefficient (Wildman–Crippen LogP) is 3.72. The van der Waals surface area contributed by atoms with Crippen LogP contribution in [0.5, 0.6) is 17.2 Å². The molecule has 0 saturated carbocycles. The Morgan fingerprint density at radius 1 is 1.11 bits per heavy atom. The molecule has 0 aromatic heterocycles. The second-order valence-electron chi connectivity index (χ2n) is 4.18. The van der Waals surface area contributed by atoms with Crippen LogP contribution in [0.4, 0.5) is 5.69 Å². The Kier molecular flexibility index (Phi) is 3.72. The molecule has 0 heterocycles. The van der Waals surface area contributed by atoms with E-state index in [4.69, 9.17) is 10.5 Å². The fourth-order valence-electron chi connectivity index (χ4n) is 1.83. The van der Waals surface area contributed by atoms with Gasteiger partial charge in [0.15, 0.2) is 5.75 Å². The van der Waals surface area contributed by atoms with Crippen molar-refractivity contribution in [1.29, 1.82) is 0 Å². The molecule has 3 heteroatoms. The van der Waals surface area contributed by atoms with Gasteiger partial charge in [-0.05, 0) is 42.3 Å². The number of aromatic hydroxyl groups is 1. The molecule has 94 valence electrons. The van der Waals surface area contributed by atoms with Crippen molar-refractivity contribution in [1.82, 2.24) is 0 Å². The molecule has 0 atom stereocenters. The van der Waals surface area contributed by atoms with Crippen molar-refractivity contribution in [3.05, 3.63) is 48.0 Å². The molecular formula is C15H17NO2. The van der Waals surface area contributed by atoms with E-state index in [9.17, 15) is 5.11 Å². The summed E-state index contributed by atoms with van der Waals surface area (Å²) in [5, 5.41) is 9.24. The average Bonchev–Trinajstić information content (AvgIpc) is 2.36. The van der Waals surface area contributed by atoms with Gasteiger partial charge in [-0.25, -0.2) is 0 Å². The highest BCUT2D eigenvalue weighted by molar-refractivity contribution is 5.58. The molecule has 0 aliphatic heterocycles. The molecule has 0 unspecified atom stereocenters. The molecule has 18 heavy (non-hydrogen) atoms. The first-order chi connectivity index (χ1) is 8.70. The lowest BCUT2D eigenvalue weighted by Crippen LogP contribution is -1.97. The maximum Gasteiger partial charge on any atom is 0.153 e. The van der Waals surface area contributed by atoms with Gasteiger partial charge in [0.05, 0.1) is 5.69 Å². The van der Waals surface area contributed by atoms with E-state index in [0.717, 1.165) is 18.4 Å². The number of nitrogen functional groups attached to an aromatic ring is 1. The molecule has 0 bridgehead atoms. The number of aryl methyl sites for hydroxylation is 1.